The Bertz CT molecular complexity index is 1500. The predicted molar refractivity (Wildman–Crippen MR) is 125 cm³/mol. The fraction of sp³-hybridized carbons (Fsp3) is 0.125. The number of benzene rings is 2. The van der Waals surface area contributed by atoms with Gasteiger partial charge in [-0.15, -0.1) is 6.42 Å². The Labute approximate surface area is 205 Å². The van der Waals surface area contributed by atoms with Gasteiger partial charge in [-0.2, -0.15) is 9.78 Å². The SMILES string of the molecule is C#CC[n+]1c2c(cc3cc(NC(=O)c4cccc(-n5[nH]nnc5=S)c4)ccc31)CCC=C2.[Br-]. The highest BCUT2D eigenvalue weighted by Crippen LogP contribution is 2.24. The molecular formula is C24H19BrN6OS. The van der Waals surface area contributed by atoms with Gasteiger partial charge in [0.2, 0.25) is 22.5 Å². The summed E-state index contributed by atoms with van der Waals surface area (Å²) in [5.74, 6) is 2.53. The third-order valence-electron chi connectivity index (χ3n) is 5.47. The van der Waals surface area contributed by atoms with E-state index in [-0.39, 0.29) is 27.7 Å². The Morgan fingerprint density at radius 2 is 2.15 bits per heavy atom. The molecular weight excluding hydrogens is 500 g/mol. The Kier molecular flexibility index (Phi) is 6.49. The van der Waals surface area contributed by atoms with Gasteiger partial charge in [0.25, 0.3) is 5.91 Å². The number of amides is 1. The number of nitrogens with zero attached hydrogens (tertiary/aromatic N) is 4. The van der Waals surface area contributed by atoms with Crippen LogP contribution in [-0.2, 0) is 13.0 Å². The second-order valence-corrected chi connectivity index (χ2v) is 7.85. The first-order valence-corrected chi connectivity index (χ1v) is 10.6. The minimum absolute atomic E-state index is 0. The molecule has 0 spiro atoms. The molecule has 0 atom stereocenters. The standard InChI is InChI=1S/C24H18N6OS.BrH/c1-2-12-29-21-9-4-3-6-16(21)13-18-14-19(10-11-22(18)29)25-23(31)17-7-5-8-20(15-17)30-24(32)26-27-28-30;/h1,4-5,7-11,13-15H,3,6,12H2,(H-,25,26,28,31,32);1H. The highest BCUT2D eigenvalue weighted by Gasteiger charge is 2.20. The Morgan fingerprint density at radius 1 is 1.27 bits per heavy atom. The van der Waals surface area contributed by atoms with E-state index in [4.69, 9.17) is 18.6 Å². The van der Waals surface area contributed by atoms with Crippen LogP contribution in [0.1, 0.15) is 28.0 Å². The summed E-state index contributed by atoms with van der Waals surface area (Å²) in [5, 5.41) is 14.2. The van der Waals surface area contributed by atoms with E-state index in [0.717, 1.165) is 29.4 Å². The molecule has 2 aromatic carbocycles. The van der Waals surface area contributed by atoms with Crippen molar-refractivity contribution < 1.29 is 26.3 Å². The Balaban J connectivity index is 0.00000259. The number of tetrazole rings is 1. The molecule has 9 heteroatoms. The average molecular weight is 519 g/mol. The van der Waals surface area contributed by atoms with Gasteiger partial charge in [0.05, 0.1) is 5.69 Å². The van der Waals surface area contributed by atoms with Crippen molar-refractivity contribution in [3.8, 4) is 18.0 Å². The molecule has 1 aliphatic carbocycles. The highest BCUT2D eigenvalue weighted by molar-refractivity contribution is 7.71. The third kappa shape index (κ3) is 4.35. The van der Waals surface area contributed by atoms with E-state index < -0.39 is 0 Å². The Morgan fingerprint density at radius 3 is 2.94 bits per heavy atom. The smallest absolute Gasteiger partial charge is 0.255 e. The average Bonchev–Trinajstić information content (AvgIpc) is 3.25. The van der Waals surface area contributed by atoms with E-state index in [1.54, 1.807) is 18.2 Å². The number of aromatic amines is 1. The van der Waals surface area contributed by atoms with Gasteiger partial charge < -0.3 is 22.3 Å². The van der Waals surface area contributed by atoms with Gasteiger partial charge in [0, 0.05) is 34.3 Å². The van der Waals surface area contributed by atoms with Crippen molar-refractivity contribution in [2.45, 2.75) is 19.4 Å². The van der Waals surface area contributed by atoms with Crippen molar-refractivity contribution in [3.63, 3.8) is 0 Å². The lowest BCUT2D eigenvalue weighted by atomic mass is 9.99. The number of pyridine rings is 1. The van der Waals surface area contributed by atoms with Crippen LogP contribution in [0.2, 0.25) is 0 Å². The van der Waals surface area contributed by atoms with Crippen molar-refractivity contribution in [1.29, 1.82) is 0 Å². The number of H-pyrrole nitrogens is 1. The van der Waals surface area contributed by atoms with Crippen LogP contribution in [0.25, 0.3) is 22.7 Å². The zero-order valence-corrected chi connectivity index (χ0v) is 19.9. The summed E-state index contributed by atoms with van der Waals surface area (Å²) in [7, 11) is 0. The summed E-state index contributed by atoms with van der Waals surface area (Å²) in [5.41, 5.74) is 5.34. The summed E-state index contributed by atoms with van der Waals surface area (Å²) < 4.78 is 3.97. The van der Waals surface area contributed by atoms with Gasteiger partial charge in [-0.1, -0.05) is 22.5 Å². The second kappa shape index (κ2) is 9.48. The zero-order valence-electron chi connectivity index (χ0n) is 17.5. The van der Waals surface area contributed by atoms with Gasteiger partial charge in [-0.05, 0) is 67.4 Å². The molecule has 0 aliphatic heterocycles. The maximum atomic E-state index is 12.9. The van der Waals surface area contributed by atoms with Crippen molar-refractivity contribution in [3.05, 3.63) is 76.2 Å². The predicted octanol–water partition coefficient (Wildman–Crippen LogP) is 0.614. The normalized spacial score (nSPS) is 12.0. The molecule has 1 amide bonds. The van der Waals surface area contributed by atoms with Crippen LogP contribution in [0.15, 0.2) is 54.6 Å². The molecule has 0 fully saturated rings. The number of hydrogen-bond acceptors (Lipinski definition) is 4. The molecule has 2 aromatic heterocycles. The fourth-order valence-electron chi connectivity index (χ4n) is 4.01. The number of carbonyl (C=O) groups is 1. The first-order chi connectivity index (χ1) is 15.6. The van der Waals surface area contributed by atoms with Crippen LogP contribution >= 0.6 is 12.2 Å². The molecule has 164 valence electrons. The zero-order chi connectivity index (χ0) is 22.1. The molecule has 5 rings (SSSR count). The second-order valence-electron chi connectivity index (χ2n) is 7.48. The molecule has 0 radical (unpaired) electrons. The Hall–Kier alpha value is -3.61. The van der Waals surface area contributed by atoms with Crippen LogP contribution < -0.4 is 26.9 Å². The van der Waals surface area contributed by atoms with E-state index in [2.05, 4.69) is 49.5 Å². The number of hydrogen-bond donors (Lipinski definition) is 2. The third-order valence-corrected chi connectivity index (χ3v) is 5.73. The number of nitrogens with one attached hydrogen (secondary N) is 2. The minimum Gasteiger partial charge on any atom is -1.00 e. The molecule has 1 aliphatic rings. The molecule has 2 N–H and O–H groups in total. The van der Waals surface area contributed by atoms with Crippen LogP contribution in [-0.4, -0.2) is 26.1 Å². The van der Waals surface area contributed by atoms with Crippen molar-refractivity contribution in [1.82, 2.24) is 20.2 Å². The first-order valence-electron chi connectivity index (χ1n) is 10.2. The molecule has 7 nitrogen and oxygen atoms in total. The summed E-state index contributed by atoms with van der Waals surface area (Å²) >= 11 is 5.14. The molecule has 33 heavy (non-hydrogen) atoms. The molecule has 0 bridgehead atoms. The van der Waals surface area contributed by atoms with Crippen molar-refractivity contribution >= 4 is 40.8 Å². The molecule has 0 saturated carbocycles. The van der Waals surface area contributed by atoms with Crippen LogP contribution in [0.5, 0.6) is 0 Å². The van der Waals surface area contributed by atoms with E-state index in [0.29, 0.717) is 23.5 Å². The van der Waals surface area contributed by atoms with Gasteiger partial charge in [-0.25, -0.2) is 4.68 Å². The number of terminal acetylenes is 1. The minimum atomic E-state index is -0.220. The van der Waals surface area contributed by atoms with Crippen LogP contribution in [0.3, 0.4) is 0 Å². The summed E-state index contributed by atoms with van der Waals surface area (Å²) in [4.78, 5) is 12.9. The van der Waals surface area contributed by atoms with E-state index in [1.807, 2.05) is 24.3 Å². The fourth-order valence-corrected chi connectivity index (χ4v) is 4.19. The highest BCUT2D eigenvalue weighted by atomic mass is 79.9. The van der Waals surface area contributed by atoms with Crippen molar-refractivity contribution in [2.24, 2.45) is 0 Å². The number of carbonyl (C=O) groups excluding carboxylic acids is 1. The maximum absolute atomic E-state index is 12.9. The molecule has 0 saturated heterocycles. The number of allylic oxidation sites excluding steroid dienone is 1. The van der Waals surface area contributed by atoms with Crippen LogP contribution in [0.4, 0.5) is 5.69 Å². The monoisotopic (exact) mass is 518 g/mol. The first kappa shape index (κ1) is 22.6. The number of aryl methyl sites for hydroxylation is 1. The van der Waals surface area contributed by atoms with E-state index in [1.165, 1.54) is 10.2 Å². The maximum Gasteiger partial charge on any atom is 0.255 e. The summed E-state index contributed by atoms with van der Waals surface area (Å²) in [6.07, 6.45) is 11.9. The number of rotatable bonds is 4. The quantitative estimate of drug-likeness (QED) is 0.236. The van der Waals surface area contributed by atoms with Crippen LogP contribution in [0, 0.1) is 17.1 Å². The van der Waals surface area contributed by atoms with E-state index >= 15 is 0 Å². The lowest BCUT2D eigenvalue weighted by Crippen LogP contribution is -3.00. The number of halogens is 1. The summed E-state index contributed by atoms with van der Waals surface area (Å²) in [6, 6.07) is 15.1. The van der Waals surface area contributed by atoms with E-state index in [9.17, 15) is 4.79 Å². The number of aromatic nitrogens is 5. The number of anilines is 1. The lowest BCUT2D eigenvalue weighted by molar-refractivity contribution is -0.660. The topological polar surface area (TPSA) is 79.5 Å². The molecule has 2 heterocycles. The van der Waals surface area contributed by atoms with Crippen molar-refractivity contribution in [2.75, 3.05) is 5.32 Å². The molecule has 4 aromatic rings. The van der Waals surface area contributed by atoms with Gasteiger partial charge in [0.15, 0.2) is 0 Å². The van der Waals surface area contributed by atoms with Gasteiger partial charge in [0.1, 0.15) is 0 Å². The largest absolute Gasteiger partial charge is 1.00 e. The van der Waals surface area contributed by atoms with Gasteiger partial charge in [-0.3, -0.25) is 4.79 Å². The van der Waals surface area contributed by atoms with Gasteiger partial charge >= 0.3 is 0 Å². The summed E-state index contributed by atoms with van der Waals surface area (Å²) in [6.45, 7) is 0.494. The molecule has 0 unspecified atom stereocenters. The lowest BCUT2D eigenvalue weighted by Gasteiger charge is -2.12. The number of fused-ring (bicyclic) bond motifs is 2.